The molecule has 1 unspecified atom stereocenters. The highest BCUT2D eigenvalue weighted by Crippen LogP contribution is 2.49. The molecule has 2 aromatic rings. The quantitative estimate of drug-likeness (QED) is 0.287. The first-order chi connectivity index (χ1) is 23.5. The fourth-order valence-corrected chi connectivity index (χ4v) is 5.48. The lowest BCUT2D eigenvalue weighted by molar-refractivity contribution is -0.137. The fourth-order valence-electron chi connectivity index (χ4n) is 4.83. The smallest absolute Gasteiger partial charge is 0.443 e. The van der Waals surface area contributed by atoms with Gasteiger partial charge in [-0.25, -0.2) is 24.0 Å². The molecule has 0 saturated carbocycles. The van der Waals surface area contributed by atoms with Gasteiger partial charge in [-0.3, -0.25) is 5.01 Å². The lowest BCUT2D eigenvalue weighted by Gasteiger charge is -2.38. The molecule has 2 aliphatic heterocycles. The van der Waals surface area contributed by atoms with E-state index in [-0.39, 0.29) is 17.0 Å². The molecule has 2 aliphatic rings. The molecule has 21 heteroatoms. The molecule has 0 aromatic heterocycles. The molecular weight excluding hydrogens is 767 g/mol. The van der Waals surface area contributed by atoms with Gasteiger partial charge in [0, 0.05) is 12.1 Å². The summed E-state index contributed by atoms with van der Waals surface area (Å²) in [5.41, 5.74) is -9.55. The largest absolute Gasteiger partial charge is 0.451 e. The molecule has 2 heterocycles. The van der Waals surface area contributed by atoms with Crippen LogP contribution in [0.3, 0.4) is 0 Å². The van der Waals surface area contributed by atoms with Crippen molar-refractivity contribution in [3.05, 3.63) is 74.8 Å². The summed E-state index contributed by atoms with van der Waals surface area (Å²) in [5, 5.41) is -1.14. The highest BCUT2D eigenvalue weighted by molar-refractivity contribution is 6.39. The van der Waals surface area contributed by atoms with Crippen molar-refractivity contribution in [2.24, 2.45) is 9.98 Å². The predicted octanol–water partition coefficient (Wildman–Crippen LogP) is 10.1. The molecule has 2 amide bonds. The van der Waals surface area contributed by atoms with Crippen molar-refractivity contribution in [3.63, 3.8) is 0 Å². The van der Waals surface area contributed by atoms with Crippen LogP contribution in [-0.4, -0.2) is 63.4 Å². The normalized spacial score (nSPS) is 17.5. The standard InChI is InChI=1S/C31H27Cl2F10N5O4/c1-27(2,3)51-25(49)47(26(50)52-28(4,5)6)23-19-21(30(38,39)40)44-24(31(41,42)43)45-22(19)46(13-14-9-7-8-10-18(14)34)48(23)20-16(32)11-15(12-17(20)33)29(35,36)37/h7-12,22H,13H2,1-6H3. The van der Waals surface area contributed by atoms with Crippen LogP contribution in [0.25, 0.3) is 0 Å². The number of rotatable bonds is 4. The van der Waals surface area contributed by atoms with Gasteiger partial charge < -0.3 is 9.47 Å². The van der Waals surface area contributed by atoms with Gasteiger partial charge in [-0.2, -0.15) is 49.4 Å². The molecule has 52 heavy (non-hydrogen) atoms. The van der Waals surface area contributed by atoms with Crippen molar-refractivity contribution in [1.82, 2.24) is 9.91 Å². The van der Waals surface area contributed by atoms with Gasteiger partial charge in [-0.05, 0) is 59.7 Å². The topological polar surface area (TPSA) is 87.0 Å². The molecule has 9 nitrogen and oxygen atoms in total. The van der Waals surface area contributed by atoms with E-state index in [0.29, 0.717) is 10.0 Å². The minimum atomic E-state index is -5.80. The summed E-state index contributed by atoms with van der Waals surface area (Å²) < 4.78 is 154. The Hall–Kier alpha value is -4.10. The number of anilines is 1. The number of amidine groups is 1. The molecule has 0 bridgehead atoms. The molecule has 0 spiro atoms. The van der Waals surface area contributed by atoms with Crippen LogP contribution >= 0.6 is 23.2 Å². The SMILES string of the molecule is CC(C)(C)OC(=O)N(C(=O)OC(C)(C)C)C1=C2C(C(F)(F)F)=NC(C(F)(F)F)=NC2N(Cc2ccccc2F)N1c1c(Cl)cc(C(F)(F)F)cc1Cl. The Bertz CT molecular complexity index is 1810. The summed E-state index contributed by atoms with van der Waals surface area (Å²) in [7, 11) is 0. The zero-order valence-corrected chi connectivity index (χ0v) is 29.2. The molecule has 4 rings (SSSR count). The number of hydrogen-bond acceptors (Lipinski definition) is 8. The van der Waals surface area contributed by atoms with Crippen molar-refractivity contribution in [1.29, 1.82) is 0 Å². The fraction of sp³-hybridized carbons (Fsp3) is 0.419. The Morgan fingerprint density at radius 3 is 1.73 bits per heavy atom. The van der Waals surface area contributed by atoms with Crippen LogP contribution in [0.15, 0.2) is 57.8 Å². The van der Waals surface area contributed by atoms with Crippen LogP contribution < -0.4 is 5.01 Å². The first-order valence-corrected chi connectivity index (χ1v) is 15.4. The van der Waals surface area contributed by atoms with Gasteiger partial charge in [0.25, 0.3) is 0 Å². The summed E-state index contributed by atoms with van der Waals surface area (Å²) in [6.07, 6.45) is -22.7. The van der Waals surface area contributed by atoms with E-state index >= 15 is 4.39 Å². The molecule has 0 radical (unpaired) electrons. The zero-order valence-electron chi connectivity index (χ0n) is 27.7. The summed E-state index contributed by atoms with van der Waals surface area (Å²) in [6, 6.07) is 5.00. The first-order valence-electron chi connectivity index (χ1n) is 14.7. The number of amides is 2. The Morgan fingerprint density at radius 2 is 1.31 bits per heavy atom. The molecule has 2 aromatic carbocycles. The summed E-state index contributed by atoms with van der Waals surface area (Å²) in [5.74, 6) is -4.73. The number of hydrogen-bond donors (Lipinski definition) is 0. The molecule has 0 aliphatic carbocycles. The van der Waals surface area contributed by atoms with Crippen LogP contribution in [0.4, 0.5) is 59.2 Å². The lowest BCUT2D eigenvalue weighted by Crippen LogP contribution is -2.50. The van der Waals surface area contributed by atoms with Gasteiger partial charge in [0.05, 0.1) is 26.9 Å². The number of ether oxygens (including phenoxy) is 2. The van der Waals surface area contributed by atoms with Crippen molar-refractivity contribution in [3.8, 4) is 0 Å². The van der Waals surface area contributed by atoms with Gasteiger partial charge in [0.2, 0.25) is 5.84 Å². The van der Waals surface area contributed by atoms with E-state index in [1.807, 2.05) is 0 Å². The van der Waals surface area contributed by atoms with Gasteiger partial charge in [-0.1, -0.05) is 41.4 Å². The van der Waals surface area contributed by atoms with Crippen molar-refractivity contribution in [2.45, 2.75) is 84.0 Å². The highest BCUT2D eigenvalue weighted by Gasteiger charge is 2.58. The van der Waals surface area contributed by atoms with E-state index in [9.17, 15) is 49.1 Å². The second-order valence-electron chi connectivity index (χ2n) is 13.1. The number of aliphatic imine (C=N–C) groups is 2. The number of nitrogens with zero attached hydrogens (tertiary/aromatic N) is 5. The summed E-state index contributed by atoms with van der Waals surface area (Å²) >= 11 is 12.6. The van der Waals surface area contributed by atoms with Crippen molar-refractivity contribution < 1.29 is 63.0 Å². The monoisotopic (exact) mass is 793 g/mol. The molecule has 0 saturated heterocycles. The van der Waals surface area contributed by atoms with Crippen LogP contribution in [-0.2, 0) is 22.2 Å². The number of alkyl halides is 9. The molecule has 0 fully saturated rings. The average Bonchev–Trinajstić information content (AvgIpc) is 3.23. The van der Waals surface area contributed by atoms with Gasteiger partial charge in [-0.15, -0.1) is 0 Å². The minimum Gasteiger partial charge on any atom is -0.443 e. The number of fused-ring (bicyclic) bond motifs is 1. The van der Waals surface area contributed by atoms with Gasteiger partial charge in [0.15, 0.2) is 17.7 Å². The third-order valence-electron chi connectivity index (χ3n) is 6.69. The van der Waals surface area contributed by atoms with Gasteiger partial charge >= 0.3 is 30.7 Å². The highest BCUT2D eigenvalue weighted by atomic mass is 35.5. The van der Waals surface area contributed by atoms with Crippen LogP contribution in [0, 0.1) is 5.82 Å². The Morgan fingerprint density at radius 1 is 0.808 bits per heavy atom. The van der Waals surface area contributed by atoms with Crippen molar-refractivity contribution in [2.75, 3.05) is 5.01 Å². The lowest BCUT2D eigenvalue weighted by atomic mass is 10.0. The Labute approximate surface area is 299 Å². The van der Waals surface area contributed by atoms with Crippen LogP contribution in [0.1, 0.15) is 52.7 Å². The van der Waals surface area contributed by atoms with E-state index in [0.717, 1.165) is 12.1 Å². The maximum absolute atomic E-state index is 15.1. The maximum Gasteiger partial charge on any atom is 0.451 e. The molecule has 1 atom stereocenters. The summed E-state index contributed by atoms with van der Waals surface area (Å²) in [6.45, 7) is 6.74. The summed E-state index contributed by atoms with van der Waals surface area (Å²) in [4.78, 5) is 33.8. The third kappa shape index (κ3) is 8.74. The van der Waals surface area contributed by atoms with E-state index in [1.54, 1.807) is 0 Å². The van der Waals surface area contributed by atoms with E-state index in [2.05, 4.69) is 9.98 Å². The maximum atomic E-state index is 15.1. The van der Waals surface area contributed by atoms with Crippen molar-refractivity contribution >= 4 is 52.6 Å². The van der Waals surface area contributed by atoms with Crippen LogP contribution in [0.2, 0.25) is 10.0 Å². The van der Waals surface area contributed by atoms with Gasteiger partial charge in [0.1, 0.15) is 17.0 Å². The first kappa shape index (κ1) is 40.7. The van der Waals surface area contributed by atoms with Crippen LogP contribution in [0.5, 0.6) is 0 Å². The number of halogens is 12. The zero-order chi connectivity index (χ0) is 39.5. The second kappa shape index (κ2) is 13.7. The minimum absolute atomic E-state index is 0.139. The number of carbonyl (C=O) groups excluding carboxylic acids is 2. The molecule has 284 valence electrons. The molecule has 0 N–H and O–H groups in total. The number of benzene rings is 2. The molecular formula is C31H27Cl2F10N5O4. The van der Waals surface area contributed by atoms with E-state index < -0.39 is 110 Å². The Kier molecular flexibility index (Phi) is 10.7. The number of imide groups is 1. The van der Waals surface area contributed by atoms with E-state index in [4.69, 9.17) is 32.7 Å². The Balaban J connectivity index is 2.24. The average molecular weight is 794 g/mol. The van der Waals surface area contributed by atoms with E-state index in [1.165, 1.54) is 53.7 Å². The second-order valence-corrected chi connectivity index (χ2v) is 13.9. The third-order valence-corrected chi connectivity index (χ3v) is 7.26. The predicted molar refractivity (Wildman–Crippen MR) is 168 cm³/mol. The number of hydrazine groups is 1. The number of carbonyl (C=O) groups is 2.